The zero-order valence-corrected chi connectivity index (χ0v) is 8.58. The summed E-state index contributed by atoms with van der Waals surface area (Å²) in [5.41, 5.74) is 0. The highest BCUT2D eigenvalue weighted by molar-refractivity contribution is 7.77. The first-order valence-electron chi connectivity index (χ1n) is 4.60. The van der Waals surface area contributed by atoms with Gasteiger partial charge in [-0.3, -0.25) is 0 Å². The van der Waals surface area contributed by atoms with E-state index in [0.717, 1.165) is 25.3 Å². The van der Waals surface area contributed by atoms with Gasteiger partial charge in [-0.2, -0.15) is 0 Å². The normalized spacial score (nSPS) is 22.6. The van der Waals surface area contributed by atoms with E-state index in [9.17, 15) is 4.39 Å². The maximum Gasteiger partial charge on any atom is 0.123 e. The van der Waals surface area contributed by atoms with Gasteiger partial charge >= 0.3 is 0 Å². The monoisotopic (exact) mass is 213 g/mol. The number of halogens is 1. The Morgan fingerprint density at radius 1 is 1.36 bits per heavy atom. The molecule has 14 heavy (non-hydrogen) atoms. The molecule has 0 amide bonds. The van der Waals surface area contributed by atoms with Crippen molar-refractivity contribution in [3.8, 4) is 5.75 Å². The summed E-state index contributed by atoms with van der Waals surface area (Å²) in [6.07, 6.45) is 1.15. The summed E-state index contributed by atoms with van der Waals surface area (Å²) in [4.78, 5) is 0. The Labute approximate surface area is 88.2 Å². The molecule has 4 heteroatoms. The average molecular weight is 213 g/mol. The highest BCUT2D eigenvalue weighted by atomic mass is 32.1. The number of thiol groups is 1. The molecule has 0 N–H and O–H groups in total. The number of nitrogens with zero attached hydrogens (tertiary/aromatic N) is 1. The minimum atomic E-state index is -0.236. The maximum absolute atomic E-state index is 12.6. The van der Waals surface area contributed by atoms with Crippen LogP contribution in [0, 0.1) is 5.82 Å². The lowest BCUT2D eigenvalue weighted by atomic mass is 10.3. The molecule has 0 aliphatic carbocycles. The van der Waals surface area contributed by atoms with E-state index >= 15 is 0 Å². The van der Waals surface area contributed by atoms with Gasteiger partial charge in [0.1, 0.15) is 17.7 Å². The molecule has 0 aromatic heterocycles. The van der Waals surface area contributed by atoms with Gasteiger partial charge in [-0.25, -0.2) is 8.70 Å². The molecule has 1 aliphatic heterocycles. The fourth-order valence-corrected chi connectivity index (χ4v) is 1.81. The summed E-state index contributed by atoms with van der Waals surface area (Å²) in [5, 5.41) is 0. The van der Waals surface area contributed by atoms with Gasteiger partial charge in [0.25, 0.3) is 0 Å². The Morgan fingerprint density at radius 3 is 2.64 bits per heavy atom. The number of ether oxygens (including phenoxy) is 1. The van der Waals surface area contributed by atoms with Crippen molar-refractivity contribution >= 4 is 12.8 Å². The van der Waals surface area contributed by atoms with Crippen molar-refractivity contribution in [2.75, 3.05) is 13.1 Å². The van der Waals surface area contributed by atoms with Gasteiger partial charge in [-0.15, -0.1) is 0 Å². The molecule has 1 aliphatic rings. The summed E-state index contributed by atoms with van der Waals surface area (Å²) in [6.45, 7) is 1.76. The van der Waals surface area contributed by atoms with Crippen LogP contribution in [0.2, 0.25) is 0 Å². The summed E-state index contributed by atoms with van der Waals surface area (Å²) < 4.78 is 20.2. The molecule has 1 aromatic rings. The van der Waals surface area contributed by atoms with E-state index in [0.29, 0.717) is 0 Å². The third-order valence-electron chi connectivity index (χ3n) is 2.24. The molecule has 1 unspecified atom stereocenters. The molecular weight excluding hydrogens is 201 g/mol. The third-order valence-corrected chi connectivity index (χ3v) is 2.60. The van der Waals surface area contributed by atoms with Crippen LogP contribution in [0.25, 0.3) is 0 Å². The van der Waals surface area contributed by atoms with Crippen molar-refractivity contribution < 1.29 is 9.13 Å². The van der Waals surface area contributed by atoms with Gasteiger partial charge in [0.15, 0.2) is 0 Å². The SMILES string of the molecule is Fc1ccc(OC2CCN(S)C2)cc1. The summed E-state index contributed by atoms with van der Waals surface area (Å²) in [5.74, 6) is 0.486. The third kappa shape index (κ3) is 2.39. The maximum atomic E-state index is 12.6. The summed E-state index contributed by atoms with van der Waals surface area (Å²) in [6, 6.07) is 6.11. The van der Waals surface area contributed by atoms with Crippen LogP contribution in [0.4, 0.5) is 4.39 Å². The van der Waals surface area contributed by atoms with Crippen LogP contribution in [0.1, 0.15) is 6.42 Å². The topological polar surface area (TPSA) is 12.5 Å². The molecule has 1 aromatic carbocycles. The fraction of sp³-hybridized carbons (Fsp3) is 0.400. The van der Waals surface area contributed by atoms with Crippen LogP contribution in [0.3, 0.4) is 0 Å². The van der Waals surface area contributed by atoms with Crippen LogP contribution >= 0.6 is 12.8 Å². The molecule has 0 bridgehead atoms. The first kappa shape index (κ1) is 9.80. The van der Waals surface area contributed by atoms with Gasteiger partial charge in [-0.05, 0) is 30.7 Å². The Hall–Kier alpha value is -0.740. The standard InChI is InChI=1S/C10H12FNOS/c11-8-1-3-9(4-2-8)13-10-5-6-12(14)7-10/h1-4,10,14H,5-7H2. The lowest BCUT2D eigenvalue weighted by Crippen LogP contribution is -2.18. The summed E-state index contributed by atoms with van der Waals surface area (Å²) >= 11 is 4.23. The molecule has 76 valence electrons. The number of rotatable bonds is 2. The number of benzene rings is 1. The zero-order valence-electron chi connectivity index (χ0n) is 7.69. The molecule has 2 nitrogen and oxygen atoms in total. The van der Waals surface area contributed by atoms with Crippen LogP contribution < -0.4 is 4.74 Å². The lowest BCUT2D eigenvalue weighted by Gasteiger charge is -2.12. The van der Waals surface area contributed by atoms with Crippen molar-refractivity contribution in [1.29, 1.82) is 0 Å². The van der Waals surface area contributed by atoms with Gasteiger partial charge in [0.2, 0.25) is 0 Å². The highest BCUT2D eigenvalue weighted by Crippen LogP contribution is 2.19. The van der Waals surface area contributed by atoms with Crippen LogP contribution in [0.5, 0.6) is 5.75 Å². The van der Waals surface area contributed by atoms with Crippen LogP contribution in [0.15, 0.2) is 24.3 Å². The molecule has 0 spiro atoms. The van der Waals surface area contributed by atoms with E-state index in [1.54, 1.807) is 12.1 Å². The lowest BCUT2D eigenvalue weighted by molar-refractivity contribution is 0.217. The molecule has 0 radical (unpaired) electrons. The second kappa shape index (κ2) is 4.19. The summed E-state index contributed by atoms with van der Waals surface area (Å²) in [7, 11) is 0. The molecule has 1 atom stereocenters. The number of hydrogen-bond acceptors (Lipinski definition) is 3. The van der Waals surface area contributed by atoms with Crippen molar-refractivity contribution in [1.82, 2.24) is 4.31 Å². The predicted molar refractivity (Wildman–Crippen MR) is 56.0 cm³/mol. The van der Waals surface area contributed by atoms with Crippen molar-refractivity contribution in [2.24, 2.45) is 0 Å². The molecule has 1 heterocycles. The quantitative estimate of drug-likeness (QED) is 0.755. The first-order valence-corrected chi connectivity index (χ1v) is 5.00. The highest BCUT2D eigenvalue weighted by Gasteiger charge is 2.21. The minimum absolute atomic E-state index is 0.179. The van der Waals surface area contributed by atoms with E-state index in [1.807, 2.05) is 4.31 Å². The van der Waals surface area contributed by atoms with Crippen LogP contribution in [-0.4, -0.2) is 23.5 Å². The van der Waals surface area contributed by atoms with E-state index in [-0.39, 0.29) is 11.9 Å². The average Bonchev–Trinajstić information content (AvgIpc) is 2.56. The Bertz CT molecular complexity index is 303. The van der Waals surface area contributed by atoms with Gasteiger partial charge in [-0.1, -0.05) is 12.8 Å². The van der Waals surface area contributed by atoms with E-state index < -0.39 is 0 Å². The van der Waals surface area contributed by atoms with E-state index in [1.165, 1.54) is 12.1 Å². The van der Waals surface area contributed by atoms with Crippen molar-refractivity contribution in [3.05, 3.63) is 30.1 Å². The first-order chi connectivity index (χ1) is 6.74. The fourth-order valence-electron chi connectivity index (χ4n) is 1.51. The molecule has 0 saturated carbocycles. The van der Waals surface area contributed by atoms with Crippen LogP contribution in [-0.2, 0) is 0 Å². The second-order valence-electron chi connectivity index (χ2n) is 3.40. The molecule has 2 rings (SSSR count). The van der Waals surface area contributed by atoms with Gasteiger partial charge in [0, 0.05) is 13.1 Å². The second-order valence-corrected chi connectivity index (χ2v) is 3.96. The Balaban J connectivity index is 1.94. The van der Waals surface area contributed by atoms with Crippen molar-refractivity contribution in [3.63, 3.8) is 0 Å². The number of hydrogen-bond donors (Lipinski definition) is 1. The molecular formula is C10H12FNOS. The molecule has 1 fully saturated rings. The van der Waals surface area contributed by atoms with Crippen molar-refractivity contribution in [2.45, 2.75) is 12.5 Å². The minimum Gasteiger partial charge on any atom is -0.489 e. The van der Waals surface area contributed by atoms with Gasteiger partial charge in [0.05, 0.1) is 0 Å². The Morgan fingerprint density at radius 2 is 2.07 bits per heavy atom. The Kier molecular flexibility index (Phi) is 2.93. The van der Waals surface area contributed by atoms with Gasteiger partial charge < -0.3 is 4.74 Å². The molecule has 1 saturated heterocycles. The van der Waals surface area contributed by atoms with E-state index in [2.05, 4.69) is 12.8 Å². The predicted octanol–water partition coefficient (Wildman–Crippen LogP) is 2.12. The smallest absolute Gasteiger partial charge is 0.123 e. The largest absolute Gasteiger partial charge is 0.489 e. The van der Waals surface area contributed by atoms with E-state index in [4.69, 9.17) is 4.74 Å². The zero-order chi connectivity index (χ0) is 9.97.